The maximum absolute atomic E-state index is 11.3. The van der Waals surface area contributed by atoms with Crippen molar-refractivity contribution in [3.8, 4) is 0 Å². The summed E-state index contributed by atoms with van der Waals surface area (Å²) in [5, 5.41) is 22.2. The van der Waals surface area contributed by atoms with E-state index in [1.165, 1.54) is 6.07 Å². The molecule has 1 aromatic carbocycles. The standard InChI is InChI=1S/C11H17N3O3/c1-13-6-9(15)10(16)7-3-2-4-8(5-7)11(17)14-12/h2-5,9-10,13,15-16H,6,12H2,1H3,(H,14,17). The maximum Gasteiger partial charge on any atom is 0.265 e. The summed E-state index contributed by atoms with van der Waals surface area (Å²) in [6, 6.07) is 6.32. The molecular weight excluding hydrogens is 222 g/mol. The van der Waals surface area contributed by atoms with Crippen LogP contribution in [0.15, 0.2) is 24.3 Å². The first kappa shape index (κ1) is 13.6. The second kappa shape index (κ2) is 6.31. The Morgan fingerprint density at radius 2 is 2.18 bits per heavy atom. The summed E-state index contributed by atoms with van der Waals surface area (Å²) >= 11 is 0. The van der Waals surface area contributed by atoms with E-state index < -0.39 is 18.1 Å². The number of aliphatic hydroxyl groups excluding tert-OH is 2. The molecule has 0 bridgehead atoms. The molecule has 0 aliphatic carbocycles. The number of hydrazine groups is 1. The molecule has 1 rings (SSSR count). The lowest BCUT2D eigenvalue weighted by atomic mass is 10.0. The fourth-order valence-electron chi connectivity index (χ4n) is 1.49. The van der Waals surface area contributed by atoms with E-state index in [0.717, 1.165) is 0 Å². The minimum Gasteiger partial charge on any atom is -0.389 e. The van der Waals surface area contributed by atoms with Crippen molar-refractivity contribution in [2.45, 2.75) is 12.2 Å². The molecule has 17 heavy (non-hydrogen) atoms. The molecule has 0 aromatic heterocycles. The molecule has 0 aliphatic rings. The topological polar surface area (TPSA) is 108 Å². The molecule has 0 fully saturated rings. The molecule has 0 radical (unpaired) electrons. The summed E-state index contributed by atoms with van der Waals surface area (Å²) in [7, 11) is 1.67. The summed E-state index contributed by atoms with van der Waals surface area (Å²) in [4.78, 5) is 11.3. The minimum absolute atomic E-state index is 0.258. The molecule has 0 heterocycles. The van der Waals surface area contributed by atoms with E-state index in [0.29, 0.717) is 11.1 Å². The average molecular weight is 239 g/mol. The maximum atomic E-state index is 11.3. The van der Waals surface area contributed by atoms with Crippen LogP contribution in [0.4, 0.5) is 0 Å². The first-order chi connectivity index (χ1) is 8.10. The van der Waals surface area contributed by atoms with E-state index in [-0.39, 0.29) is 6.54 Å². The molecule has 1 aromatic rings. The SMILES string of the molecule is CNCC(O)C(O)c1cccc(C(=O)NN)c1. The average Bonchev–Trinajstić information content (AvgIpc) is 2.37. The van der Waals surface area contributed by atoms with Gasteiger partial charge in [0.05, 0.1) is 6.10 Å². The lowest BCUT2D eigenvalue weighted by Gasteiger charge is -2.18. The number of hydrogen-bond acceptors (Lipinski definition) is 5. The summed E-state index contributed by atoms with van der Waals surface area (Å²) < 4.78 is 0. The van der Waals surface area contributed by atoms with Crippen LogP contribution < -0.4 is 16.6 Å². The van der Waals surface area contributed by atoms with E-state index in [4.69, 9.17) is 5.84 Å². The highest BCUT2D eigenvalue weighted by atomic mass is 16.3. The molecule has 6 N–H and O–H groups in total. The molecule has 6 heteroatoms. The van der Waals surface area contributed by atoms with E-state index in [2.05, 4.69) is 5.32 Å². The summed E-state index contributed by atoms with van der Waals surface area (Å²) in [5.41, 5.74) is 2.81. The Morgan fingerprint density at radius 1 is 1.47 bits per heavy atom. The number of carbonyl (C=O) groups is 1. The Morgan fingerprint density at radius 3 is 2.76 bits per heavy atom. The Balaban J connectivity index is 2.87. The van der Waals surface area contributed by atoms with Gasteiger partial charge in [-0.1, -0.05) is 12.1 Å². The number of nitrogen functional groups attached to an aromatic ring is 1. The first-order valence-corrected chi connectivity index (χ1v) is 5.21. The number of benzene rings is 1. The second-order valence-corrected chi connectivity index (χ2v) is 3.67. The van der Waals surface area contributed by atoms with E-state index in [1.807, 2.05) is 5.43 Å². The quantitative estimate of drug-likeness (QED) is 0.255. The Kier molecular flexibility index (Phi) is 5.05. The normalized spacial score (nSPS) is 14.1. The smallest absolute Gasteiger partial charge is 0.265 e. The van der Waals surface area contributed by atoms with Gasteiger partial charge in [-0.05, 0) is 24.7 Å². The molecule has 0 aliphatic heterocycles. The van der Waals surface area contributed by atoms with Crippen molar-refractivity contribution in [2.24, 2.45) is 5.84 Å². The molecule has 0 saturated heterocycles. The highest BCUT2D eigenvalue weighted by Crippen LogP contribution is 2.17. The van der Waals surface area contributed by atoms with Gasteiger partial charge in [0, 0.05) is 12.1 Å². The number of likely N-dealkylation sites (N-methyl/N-ethyl adjacent to an activating group) is 1. The van der Waals surface area contributed by atoms with Crippen molar-refractivity contribution in [1.82, 2.24) is 10.7 Å². The first-order valence-electron chi connectivity index (χ1n) is 5.21. The summed E-state index contributed by atoms with van der Waals surface area (Å²) in [5.74, 6) is 4.57. The van der Waals surface area contributed by atoms with Crippen LogP contribution in [0.5, 0.6) is 0 Å². The third-order valence-corrected chi connectivity index (χ3v) is 2.40. The Labute approximate surface area is 99.4 Å². The van der Waals surface area contributed by atoms with Gasteiger partial charge in [0.25, 0.3) is 5.91 Å². The van der Waals surface area contributed by atoms with Gasteiger partial charge in [-0.15, -0.1) is 0 Å². The predicted octanol–water partition coefficient (Wildman–Crippen LogP) is -1.10. The minimum atomic E-state index is -1.05. The van der Waals surface area contributed by atoms with Crippen molar-refractivity contribution in [3.63, 3.8) is 0 Å². The third-order valence-electron chi connectivity index (χ3n) is 2.40. The molecule has 2 atom stereocenters. The van der Waals surface area contributed by atoms with Crippen LogP contribution in [0.2, 0.25) is 0 Å². The lowest BCUT2D eigenvalue weighted by molar-refractivity contribution is 0.0202. The number of nitrogens with two attached hydrogens (primary N) is 1. The van der Waals surface area contributed by atoms with E-state index in [9.17, 15) is 15.0 Å². The Bertz CT molecular complexity index is 384. The molecule has 0 saturated carbocycles. The highest BCUT2D eigenvalue weighted by molar-refractivity contribution is 5.93. The zero-order valence-corrected chi connectivity index (χ0v) is 9.55. The van der Waals surface area contributed by atoms with Crippen molar-refractivity contribution in [2.75, 3.05) is 13.6 Å². The monoisotopic (exact) mass is 239 g/mol. The Hall–Kier alpha value is -1.47. The van der Waals surface area contributed by atoms with Gasteiger partial charge in [-0.25, -0.2) is 5.84 Å². The number of hydrogen-bond donors (Lipinski definition) is 5. The lowest BCUT2D eigenvalue weighted by Crippen LogP contribution is -2.31. The number of aliphatic hydroxyl groups is 2. The van der Waals surface area contributed by atoms with E-state index >= 15 is 0 Å². The van der Waals surface area contributed by atoms with Gasteiger partial charge in [0.1, 0.15) is 6.10 Å². The number of rotatable bonds is 5. The zero-order valence-electron chi connectivity index (χ0n) is 9.55. The highest BCUT2D eigenvalue weighted by Gasteiger charge is 2.18. The van der Waals surface area contributed by atoms with Gasteiger partial charge in [-0.3, -0.25) is 10.2 Å². The molecule has 6 nitrogen and oxygen atoms in total. The van der Waals surface area contributed by atoms with Gasteiger partial charge in [0.15, 0.2) is 0 Å². The number of nitrogens with one attached hydrogen (secondary N) is 2. The van der Waals surface area contributed by atoms with Crippen molar-refractivity contribution in [1.29, 1.82) is 0 Å². The van der Waals surface area contributed by atoms with Crippen LogP contribution in [0.25, 0.3) is 0 Å². The van der Waals surface area contributed by atoms with Crippen molar-refractivity contribution in [3.05, 3.63) is 35.4 Å². The largest absolute Gasteiger partial charge is 0.389 e. The second-order valence-electron chi connectivity index (χ2n) is 3.67. The molecule has 94 valence electrons. The van der Waals surface area contributed by atoms with Gasteiger partial charge in [-0.2, -0.15) is 0 Å². The predicted molar refractivity (Wildman–Crippen MR) is 63.0 cm³/mol. The van der Waals surface area contributed by atoms with Gasteiger partial charge < -0.3 is 15.5 Å². The molecule has 2 unspecified atom stereocenters. The number of amides is 1. The van der Waals surface area contributed by atoms with E-state index in [1.54, 1.807) is 25.2 Å². The van der Waals surface area contributed by atoms with Gasteiger partial charge in [0.2, 0.25) is 0 Å². The summed E-state index contributed by atoms with van der Waals surface area (Å²) in [6.45, 7) is 0.258. The fourth-order valence-corrected chi connectivity index (χ4v) is 1.49. The molecular formula is C11H17N3O3. The molecule has 1 amide bonds. The van der Waals surface area contributed by atoms with Crippen LogP contribution in [-0.2, 0) is 0 Å². The molecule has 0 spiro atoms. The fraction of sp³-hybridized carbons (Fsp3) is 0.364. The third kappa shape index (κ3) is 3.50. The zero-order chi connectivity index (χ0) is 12.8. The van der Waals surface area contributed by atoms with Crippen LogP contribution in [0.3, 0.4) is 0 Å². The van der Waals surface area contributed by atoms with Crippen LogP contribution in [0.1, 0.15) is 22.0 Å². The van der Waals surface area contributed by atoms with Crippen molar-refractivity contribution < 1.29 is 15.0 Å². The number of carbonyl (C=O) groups excluding carboxylic acids is 1. The summed E-state index contributed by atoms with van der Waals surface area (Å²) in [6.07, 6.45) is -1.98. The van der Waals surface area contributed by atoms with Crippen LogP contribution >= 0.6 is 0 Å². The van der Waals surface area contributed by atoms with Gasteiger partial charge >= 0.3 is 0 Å². The van der Waals surface area contributed by atoms with Crippen molar-refractivity contribution >= 4 is 5.91 Å². The van der Waals surface area contributed by atoms with Crippen LogP contribution in [0, 0.1) is 0 Å². The van der Waals surface area contributed by atoms with Crippen LogP contribution in [-0.4, -0.2) is 35.8 Å².